The van der Waals surface area contributed by atoms with Crippen LogP contribution in [0.1, 0.15) is 41.5 Å². The van der Waals surface area contributed by atoms with Crippen molar-refractivity contribution in [3.63, 3.8) is 0 Å². The van der Waals surface area contributed by atoms with E-state index in [-0.39, 0.29) is 12.3 Å². The predicted molar refractivity (Wildman–Crippen MR) is 93.9 cm³/mol. The van der Waals surface area contributed by atoms with Crippen LogP contribution >= 0.6 is 0 Å². The van der Waals surface area contributed by atoms with Crippen molar-refractivity contribution in [3.8, 4) is 0 Å². The van der Waals surface area contributed by atoms with Crippen LogP contribution in [0.4, 0.5) is 14.9 Å². The van der Waals surface area contributed by atoms with Crippen molar-refractivity contribution in [2.45, 2.75) is 58.8 Å². The number of para-hydroxylation sites is 1. The molecule has 0 unspecified atom stereocenters. The third-order valence-electron chi connectivity index (χ3n) is 2.82. The van der Waals surface area contributed by atoms with Crippen molar-refractivity contribution in [2.24, 2.45) is 0 Å². The smallest absolute Gasteiger partial charge is 0.408 e. The van der Waals surface area contributed by atoms with E-state index in [9.17, 15) is 14.0 Å². The van der Waals surface area contributed by atoms with E-state index in [1.807, 2.05) is 20.8 Å². The van der Waals surface area contributed by atoms with Gasteiger partial charge in [0.2, 0.25) is 5.91 Å². The van der Waals surface area contributed by atoms with Gasteiger partial charge in [0, 0.05) is 0 Å². The number of carbonyl (C=O) groups is 2. The number of nitrogens with one attached hydrogen (secondary N) is 2. The highest BCUT2D eigenvalue weighted by molar-refractivity contribution is 5.96. The van der Waals surface area contributed by atoms with Gasteiger partial charge < -0.3 is 20.1 Å². The Hall–Kier alpha value is -2.15. The number of carbonyl (C=O) groups excluding carboxylic acids is 2. The van der Waals surface area contributed by atoms with Gasteiger partial charge in [-0.25, -0.2) is 9.18 Å². The first-order valence-electron chi connectivity index (χ1n) is 8.06. The first-order valence-corrected chi connectivity index (χ1v) is 8.06. The van der Waals surface area contributed by atoms with Gasteiger partial charge in [-0.2, -0.15) is 0 Å². The summed E-state index contributed by atoms with van der Waals surface area (Å²) in [7, 11) is 0. The number of rotatable bonds is 5. The molecule has 0 aromatic heterocycles. The van der Waals surface area contributed by atoms with Crippen LogP contribution in [-0.4, -0.2) is 35.9 Å². The molecule has 1 aromatic carbocycles. The van der Waals surface area contributed by atoms with Gasteiger partial charge in [-0.05, 0) is 53.7 Å². The summed E-state index contributed by atoms with van der Waals surface area (Å²) in [6.45, 7) is 10.5. The van der Waals surface area contributed by atoms with Gasteiger partial charge in [0.25, 0.3) is 0 Å². The van der Waals surface area contributed by atoms with E-state index in [4.69, 9.17) is 9.47 Å². The number of alkyl carbamates (subject to hydrolysis) is 1. The number of hydrogen-bond acceptors (Lipinski definition) is 4. The SMILES string of the molecule is CC(C)(C)OC[C@@H](NC(=O)OC(C)(C)C)C(=O)Nc1ccccc1F. The number of benzene rings is 1. The molecular weight excluding hydrogens is 327 g/mol. The molecule has 0 aliphatic rings. The molecule has 0 saturated heterocycles. The Bertz CT molecular complexity index is 606. The summed E-state index contributed by atoms with van der Waals surface area (Å²) in [5.74, 6) is -1.16. The lowest BCUT2D eigenvalue weighted by Crippen LogP contribution is -2.49. The van der Waals surface area contributed by atoms with Crippen LogP contribution in [0.5, 0.6) is 0 Å². The molecule has 2 amide bonds. The fraction of sp³-hybridized carbons (Fsp3) is 0.556. The zero-order valence-corrected chi connectivity index (χ0v) is 15.6. The van der Waals surface area contributed by atoms with Gasteiger partial charge in [-0.15, -0.1) is 0 Å². The van der Waals surface area contributed by atoms with Gasteiger partial charge in [0.1, 0.15) is 17.5 Å². The fourth-order valence-electron chi connectivity index (χ4n) is 1.75. The van der Waals surface area contributed by atoms with E-state index in [0.717, 1.165) is 0 Å². The van der Waals surface area contributed by atoms with Gasteiger partial charge in [-0.3, -0.25) is 4.79 Å². The highest BCUT2D eigenvalue weighted by Crippen LogP contribution is 2.14. The van der Waals surface area contributed by atoms with Gasteiger partial charge in [0.15, 0.2) is 0 Å². The minimum Gasteiger partial charge on any atom is -0.444 e. The zero-order chi connectivity index (χ0) is 19.3. The monoisotopic (exact) mass is 354 g/mol. The molecule has 1 atom stereocenters. The molecule has 2 N–H and O–H groups in total. The largest absolute Gasteiger partial charge is 0.444 e. The van der Waals surface area contributed by atoms with E-state index in [1.54, 1.807) is 26.8 Å². The van der Waals surface area contributed by atoms with Gasteiger partial charge >= 0.3 is 6.09 Å². The molecule has 0 fully saturated rings. The molecule has 25 heavy (non-hydrogen) atoms. The van der Waals surface area contributed by atoms with E-state index in [1.165, 1.54) is 18.2 Å². The van der Waals surface area contributed by atoms with Crippen molar-refractivity contribution < 1.29 is 23.5 Å². The molecule has 0 radical (unpaired) electrons. The molecule has 0 aliphatic heterocycles. The molecule has 0 saturated carbocycles. The summed E-state index contributed by atoms with van der Waals surface area (Å²) in [6.07, 6.45) is -0.751. The third-order valence-corrected chi connectivity index (χ3v) is 2.82. The lowest BCUT2D eigenvalue weighted by Gasteiger charge is -2.26. The van der Waals surface area contributed by atoms with E-state index in [0.29, 0.717) is 0 Å². The first-order chi connectivity index (χ1) is 11.4. The summed E-state index contributed by atoms with van der Waals surface area (Å²) in [6, 6.07) is 4.75. The maximum absolute atomic E-state index is 13.7. The van der Waals surface area contributed by atoms with Crippen LogP contribution in [0, 0.1) is 5.82 Å². The predicted octanol–water partition coefficient (Wildman–Crippen LogP) is 3.47. The lowest BCUT2D eigenvalue weighted by molar-refractivity contribution is -0.121. The summed E-state index contributed by atoms with van der Waals surface area (Å²) >= 11 is 0. The highest BCUT2D eigenvalue weighted by atomic mass is 19.1. The highest BCUT2D eigenvalue weighted by Gasteiger charge is 2.27. The third kappa shape index (κ3) is 8.49. The Kier molecular flexibility index (Phi) is 6.93. The van der Waals surface area contributed by atoms with Crippen LogP contribution in [0.2, 0.25) is 0 Å². The van der Waals surface area contributed by atoms with Crippen LogP contribution < -0.4 is 10.6 Å². The van der Waals surface area contributed by atoms with E-state index >= 15 is 0 Å². The Labute approximate surface area is 148 Å². The average molecular weight is 354 g/mol. The molecule has 140 valence electrons. The molecule has 0 heterocycles. The second kappa shape index (κ2) is 8.29. The summed E-state index contributed by atoms with van der Waals surface area (Å²) in [5, 5.41) is 4.92. The second-order valence-electron chi connectivity index (χ2n) is 7.59. The van der Waals surface area contributed by atoms with Crippen LogP contribution in [0.15, 0.2) is 24.3 Å². The van der Waals surface area contributed by atoms with Crippen LogP contribution in [0.3, 0.4) is 0 Å². The number of hydrogen-bond donors (Lipinski definition) is 2. The van der Waals surface area contributed by atoms with Gasteiger partial charge in [-0.1, -0.05) is 12.1 Å². The Morgan fingerprint density at radius 3 is 2.20 bits per heavy atom. The minimum atomic E-state index is -1.03. The van der Waals surface area contributed by atoms with Crippen molar-refractivity contribution in [1.29, 1.82) is 0 Å². The standard InChI is InChI=1S/C18H27FN2O4/c1-17(2,3)24-11-14(21-16(23)25-18(4,5)6)15(22)20-13-10-8-7-9-12(13)19/h7-10,14H,11H2,1-6H3,(H,20,22)(H,21,23)/t14-/m1/s1. The molecular formula is C18H27FN2O4. The van der Waals surface area contributed by atoms with Gasteiger partial charge in [0.05, 0.1) is 17.9 Å². The molecule has 1 rings (SSSR count). The lowest BCUT2D eigenvalue weighted by atomic mass is 10.2. The number of amides is 2. The maximum atomic E-state index is 13.7. The molecule has 1 aromatic rings. The first kappa shape index (κ1) is 20.9. The molecule has 6 nitrogen and oxygen atoms in total. The van der Waals surface area contributed by atoms with E-state index < -0.39 is 35.1 Å². The van der Waals surface area contributed by atoms with Crippen molar-refractivity contribution >= 4 is 17.7 Å². The number of halogens is 1. The number of ether oxygens (including phenoxy) is 2. The quantitative estimate of drug-likeness (QED) is 0.849. The fourth-order valence-corrected chi connectivity index (χ4v) is 1.75. The summed E-state index contributed by atoms with van der Waals surface area (Å²) in [4.78, 5) is 24.4. The second-order valence-corrected chi connectivity index (χ2v) is 7.59. The maximum Gasteiger partial charge on any atom is 0.408 e. The molecule has 0 bridgehead atoms. The molecule has 0 aliphatic carbocycles. The van der Waals surface area contributed by atoms with Crippen molar-refractivity contribution in [1.82, 2.24) is 5.32 Å². The minimum absolute atomic E-state index is 0.0271. The topological polar surface area (TPSA) is 76.7 Å². The Morgan fingerprint density at radius 2 is 1.68 bits per heavy atom. The average Bonchev–Trinajstić information content (AvgIpc) is 2.43. The molecule has 0 spiro atoms. The molecule has 7 heteroatoms. The van der Waals surface area contributed by atoms with Crippen LogP contribution in [0.25, 0.3) is 0 Å². The van der Waals surface area contributed by atoms with Crippen molar-refractivity contribution in [3.05, 3.63) is 30.1 Å². The van der Waals surface area contributed by atoms with Crippen molar-refractivity contribution in [2.75, 3.05) is 11.9 Å². The van der Waals surface area contributed by atoms with E-state index in [2.05, 4.69) is 10.6 Å². The normalized spacial score (nSPS) is 13.1. The Balaban J connectivity index is 2.83. The van der Waals surface area contributed by atoms with Crippen LogP contribution in [-0.2, 0) is 14.3 Å². The summed E-state index contributed by atoms with van der Waals surface area (Å²) < 4.78 is 24.5. The zero-order valence-electron chi connectivity index (χ0n) is 15.6. The Morgan fingerprint density at radius 1 is 1.08 bits per heavy atom. The number of anilines is 1. The summed E-state index contributed by atoms with van der Waals surface area (Å²) in [5.41, 5.74) is -1.19.